The summed E-state index contributed by atoms with van der Waals surface area (Å²) in [5.41, 5.74) is 1.13. The summed E-state index contributed by atoms with van der Waals surface area (Å²) in [5, 5.41) is 7.42. The number of rotatable bonds is 4. The normalized spacial score (nSPS) is 16.1. The first-order valence-corrected chi connectivity index (χ1v) is 9.27. The number of aromatic nitrogens is 4. The lowest BCUT2D eigenvalue weighted by Crippen LogP contribution is -2.32. The smallest absolute Gasteiger partial charge is 0.433 e. The number of nitrogens with one attached hydrogen (secondary N) is 1. The van der Waals surface area contributed by atoms with Crippen LogP contribution in [0, 0.1) is 0 Å². The van der Waals surface area contributed by atoms with E-state index in [4.69, 9.17) is 4.74 Å². The molecule has 3 aromatic rings. The summed E-state index contributed by atoms with van der Waals surface area (Å²) in [6, 6.07) is 7.09. The van der Waals surface area contributed by atoms with E-state index in [2.05, 4.69) is 20.4 Å². The molecule has 0 saturated heterocycles. The predicted octanol–water partition coefficient (Wildman–Crippen LogP) is 3.63. The summed E-state index contributed by atoms with van der Waals surface area (Å²) >= 11 is 0. The molecule has 0 fully saturated rings. The second-order valence-electron chi connectivity index (χ2n) is 6.86. The van der Waals surface area contributed by atoms with Crippen molar-refractivity contribution >= 4 is 5.91 Å². The van der Waals surface area contributed by atoms with Gasteiger partial charge in [0.15, 0.2) is 0 Å². The number of hydrogen-bond acceptors (Lipinski definition) is 5. The largest absolute Gasteiger partial charge is 0.481 e. The van der Waals surface area contributed by atoms with E-state index in [1.807, 2.05) is 10.7 Å². The van der Waals surface area contributed by atoms with Gasteiger partial charge in [-0.2, -0.15) is 18.3 Å². The minimum atomic E-state index is -4.61. The fraction of sp³-hybridized carbons (Fsp3) is 0.300. The number of methoxy groups -OCH3 is 1. The number of pyridine rings is 2. The van der Waals surface area contributed by atoms with Gasteiger partial charge >= 0.3 is 6.18 Å². The third kappa shape index (κ3) is 3.98. The zero-order valence-corrected chi connectivity index (χ0v) is 16.0. The Balaban J connectivity index is 1.58. The van der Waals surface area contributed by atoms with Crippen molar-refractivity contribution in [1.29, 1.82) is 0 Å². The van der Waals surface area contributed by atoms with Gasteiger partial charge in [0.25, 0.3) is 5.91 Å². The molecule has 4 rings (SSSR count). The van der Waals surface area contributed by atoms with Crippen molar-refractivity contribution in [3.8, 4) is 17.1 Å². The Morgan fingerprint density at radius 3 is 2.77 bits per heavy atom. The molecule has 0 spiro atoms. The lowest BCUT2D eigenvalue weighted by Gasteiger charge is -2.24. The number of alkyl halides is 3. The maximum absolute atomic E-state index is 12.9. The first kappa shape index (κ1) is 19.9. The number of carbonyl (C=O) groups is 1. The van der Waals surface area contributed by atoms with Gasteiger partial charge in [0.05, 0.1) is 24.5 Å². The third-order valence-corrected chi connectivity index (χ3v) is 4.89. The fourth-order valence-corrected chi connectivity index (χ4v) is 3.42. The van der Waals surface area contributed by atoms with Crippen molar-refractivity contribution in [1.82, 2.24) is 25.1 Å². The number of amides is 1. The Hall–Kier alpha value is -3.43. The highest BCUT2D eigenvalue weighted by Gasteiger charge is 2.33. The van der Waals surface area contributed by atoms with E-state index < -0.39 is 17.8 Å². The van der Waals surface area contributed by atoms with E-state index in [0.29, 0.717) is 24.5 Å². The summed E-state index contributed by atoms with van der Waals surface area (Å²) in [4.78, 5) is 20.0. The maximum atomic E-state index is 12.9. The highest BCUT2D eigenvalue weighted by Crippen LogP contribution is 2.31. The number of halogens is 3. The van der Waals surface area contributed by atoms with Gasteiger partial charge in [-0.15, -0.1) is 0 Å². The van der Waals surface area contributed by atoms with Gasteiger partial charge in [-0.25, -0.2) is 4.98 Å². The first-order valence-electron chi connectivity index (χ1n) is 9.27. The molecule has 0 saturated carbocycles. The summed E-state index contributed by atoms with van der Waals surface area (Å²) in [7, 11) is 1.53. The molecule has 1 N–H and O–H groups in total. The standard InChI is InChI=1S/C20H18F3N5O2/c1-30-18-10-12(4-7-25-18)15-11-16-14(3-2-8-28(16)27-15)26-19(29)13-5-6-24-17(9-13)20(21,22)23/h4-7,9-11,14H,2-3,8H2,1H3,(H,26,29)/t14-/m0/s1. The lowest BCUT2D eigenvalue weighted by molar-refractivity contribution is -0.141. The molecule has 0 aliphatic carbocycles. The average molecular weight is 417 g/mol. The van der Waals surface area contributed by atoms with Crippen LogP contribution in [0.5, 0.6) is 5.88 Å². The van der Waals surface area contributed by atoms with Crippen molar-refractivity contribution < 1.29 is 22.7 Å². The van der Waals surface area contributed by atoms with Gasteiger partial charge in [-0.3, -0.25) is 14.5 Å². The molecule has 7 nitrogen and oxygen atoms in total. The van der Waals surface area contributed by atoms with Crippen LogP contribution >= 0.6 is 0 Å². The van der Waals surface area contributed by atoms with Crippen LogP contribution in [0.3, 0.4) is 0 Å². The Kier molecular flexibility index (Phi) is 5.15. The van der Waals surface area contributed by atoms with Crippen molar-refractivity contribution in [2.45, 2.75) is 31.6 Å². The molecular formula is C20H18F3N5O2. The summed E-state index contributed by atoms with van der Waals surface area (Å²) < 4.78 is 45.6. The third-order valence-electron chi connectivity index (χ3n) is 4.89. The van der Waals surface area contributed by atoms with Crippen LogP contribution in [0.2, 0.25) is 0 Å². The monoisotopic (exact) mass is 417 g/mol. The number of aryl methyl sites for hydroxylation is 1. The van der Waals surface area contributed by atoms with Crippen LogP contribution in [-0.4, -0.2) is 32.8 Å². The molecule has 4 heterocycles. The van der Waals surface area contributed by atoms with Crippen LogP contribution in [0.4, 0.5) is 13.2 Å². The maximum Gasteiger partial charge on any atom is 0.433 e. The van der Waals surface area contributed by atoms with Gasteiger partial charge in [0.2, 0.25) is 5.88 Å². The minimum Gasteiger partial charge on any atom is -0.481 e. The molecule has 0 aromatic carbocycles. The Morgan fingerprint density at radius 2 is 2.00 bits per heavy atom. The minimum absolute atomic E-state index is 0.0898. The molecule has 1 aliphatic rings. The second-order valence-corrected chi connectivity index (χ2v) is 6.86. The van der Waals surface area contributed by atoms with Crippen molar-refractivity contribution in [3.05, 3.63) is 59.7 Å². The van der Waals surface area contributed by atoms with Crippen molar-refractivity contribution in [2.24, 2.45) is 0 Å². The highest BCUT2D eigenvalue weighted by atomic mass is 19.4. The van der Waals surface area contributed by atoms with Crippen LogP contribution in [0.1, 0.15) is 40.6 Å². The molecule has 0 radical (unpaired) electrons. The molecule has 10 heteroatoms. The van der Waals surface area contributed by atoms with E-state index in [1.54, 1.807) is 18.3 Å². The van der Waals surface area contributed by atoms with E-state index in [-0.39, 0.29) is 11.6 Å². The number of carbonyl (C=O) groups excluding carboxylic acids is 1. The van der Waals surface area contributed by atoms with Crippen LogP contribution in [0.15, 0.2) is 42.7 Å². The molecule has 1 aliphatic heterocycles. The van der Waals surface area contributed by atoms with E-state index in [1.165, 1.54) is 13.2 Å². The number of nitrogens with zero attached hydrogens (tertiary/aromatic N) is 4. The van der Waals surface area contributed by atoms with Gasteiger partial charge in [-0.05, 0) is 37.1 Å². The number of ether oxygens (including phenoxy) is 1. The van der Waals surface area contributed by atoms with Gasteiger partial charge in [0.1, 0.15) is 5.69 Å². The predicted molar refractivity (Wildman–Crippen MR) is 101 cm³/mol. The Bertz CT molecular complexity index is 1080. The molecule has 0 bridgehead atoms. The Labute approximate surface area is 169 Å². The summed E-state index contributed by atoms with van der Waals surface area (Å²) in [6.45, 7) is 0.692. The topological polar surface area (TPSA) is 81.9 Å². The number of fused-ring (bicyclic) bond motifs is 1. The van der Waals surface area contributed by atoms with Crippen LogP contribution in [0.25, 0.3) is 11.3 Å². The first-order chi connectivity index (χ1) is 14.3. The highest BCUT2D eigenvalue weighted by molar-refractivity contribution is 5.94. The molecule has 30 heavy (non-hydrogen) atoms. The van der Waals surface area contributed by atoms with Crippen LogP contribution < -0.4 is 10.1 Å². The fourth-order valence-electron chi connectivity index (χ4n) is 3.42. The van der Waals surface area contributed by atoms with E-state index in [0.717, 1.165) is 29.9 Å². The second kappa shape index (κ2) is 7.77. The SMILES string of the molecule is COc1cc(-c2cc3n(n2)CCC[C@@H]3NC(=O)c2ccnc(C(F)(F)F)c2)ccn1. The van der Waals surface area contributed by atoms with Gasteiger partial charge in [0, 0.05) is 36.1 Å². The summed E-state index contributed by atoms with van der Waals surface area (Å²) in [6.07, 6.45) is -0.567. The zero-order chi connectivity index (χ0) is 21.3. The van der Waals surface area contributed by atoms with Crippen molar-refractivity contribution in [2.75, 3.05) is 7.11 Å². The van der Waals surface area contributed by atoms with E-state index >= 15 is 0 Å². The van der Waals surface area contributed by atoms with E-state index in [9.17, 15) is 18.0 Å². The summed E-state index contributed by atoms with van der Waals surface area (Å²) in [5.74, 6) is -0.129. The van der Waals surface area contributed by atoms with Crippen molar-refractivity contribution in [3.63, 3.8) is 0 Å². The number of hydrogen-bond donors (Lipinski definition) is 1. The average Bonchev–Trinajstić information content (AvgIpc) is 3.19. The lowest BCUT2D eigenvalue weighted by atomic mass is 10.0. The molecular weight excluding hydrogens is 399 g/mol. The van der Waals surface area contributed by atoms with Gasteiger partial charge < -0.3 is 10.1 Å². The Morgan fingerprint density at radius 1 is 1.20 bits per heavy atom. The van der Waals surface area contributed by atoms with Crippen LogP contribution in [-0.2, 0) is 12.7 Å². The molecule has 3 aromatic heterocycles. The molecule has 0 unspecified atom stereocenters. The quantitative estimate of drug-likeness (QED) is 0.701. The molecule has 1 atom stereocenters. The molecule has 1 amide bonds. The van der Waals surface area contributed by atoms with Gasteiger partial charge in [-0.1, -0.05) is 0 Å². The molecule has 156 valence electrons. The zero-order valence-electron chi connectivity index (χ0n) is 16.0.